The number of rotatable bonds is 6. The zero-order chi connectivity index (χ0) is 14.5. The van der Waals surface area contributed by atoms with Crippen LogP contribution < -0.4 is 5.32 Å². The molecule has 0 aliphatic carbocycles. The minimum atomic E-state index is -0.937. The van der Waals surface area contributed by atoms with Crippen LogP contribution in [0.3, 0.4) is 0 Å². The maximum absolute atomic E-state index is 13.1. The molecule has 0 fully saturated rings. The molecular formula is C15H17F2NOS. The van der Waals surface area contributed by atoms with Crippen molar-refractivity contribution in [3.63, 3.8) is 0 Å². The number of halogens is 2. The van der Waals surface area contributed by atoms with Crippen LogP contribution in [0.2, 0.25) is 0 Å². The van der Waals surface area contributed by atoms with Gasteiger partial charge in [0, 0.05) is 12.6 Å². The van der Waals surface area contributed by atoms with Gasteiger partial charge in [-0.15, -0.1) is 0 Å². The Kier molecular flexibility index (Phi) is 5.23. The average molecular weight is 297 g/mol. The topological polar surface area (TPSA) is 32.3 Å². The van der Waals surface area contributed by atoms with Gasteiger partial charge in [0.1, 0.15) is 0 Å². The lowest BCUT2D eigenvalue weighted by Gasteiger charge is -2.17. The van der Waals surface area contributed by atoms with Crippen LogP contribution in [0, 0.1) is 11.6 Å². The first-order valence-corrected chi connectivity index (χ1v) is 7.38. The SMILES string of the molecule is CC(Cc1ccsc1)NCC(O)c1ccc(F)c(F)c1. The lowest BCUT2D eigenvalue weighted by molar-refractivity contribution is 0.170. The van der Waals surface area contributed by atoms with Crippen molar-refractivity contribution in [2.75, 3.05) is 6.54 Å². The normalized spacial score (nSPS) is 14.2. The fourth-order valence-electron chi connectivity index (χ4n) is 1.98. The van der Waals surface area contributed by atoms with Crippen molar-refractivity contribution in [1.29, 1.82) is 0 Å². The van der Waals surface area contributed by atoms with Gasteiger partial charge in [0.05, 0.1) is 6.10 Å². The van der Waals surface area contributed by atoms with Gasteiger partial charge < -0.3 is 10.4 Å². The van der Waals surface area contributed by atoms with Crippen LogP contribution in [-0.2, 0) is 6.42 Å². The van der Waals surface area contributed by atoms with Crippen LogP contribution in [-0.4, -0.2) is 17.7 Å². The molecule has 1 aromatic heterocycles. The highest BCUT2D eigenvalue weighted by atomic mass is 32.1. The molecule has 2 aromatic rings. The first-order valence-electron chi connectivity index (χ1n) is 6.43. The summed E-state index contributed by atoms with van der Waals surface area (Å²) in [7, 11) is 0. The molecule has 2 atom stereocenters. The molecule has 2 unspecified atom stereocenters. The van der Waals surface area contributed by atoms with Gasteiger partial charge in [-0.2, -0.15) is 11.3 Å². The van der Waals surface area contributed by atoms with E-state index >= 15 is 0 Å². The molecule has 108 valence electrons. The first kappa shape index (κ1) is 15.1. The number of hydrogen-bond acceptors (Lipinski definition) is 3. The molecule has 0 saturated carbocycles. The number of benzene rings is 1. The van der Waals surface area contributed by atoms with Gasteiger partial charge in [0.15, 0.2) is 11.6 Å². The van der Waals surface area contributed by atoms with Crippen LogP contribution in [0.25, 0.3) is 0 Å². The summed E-state index contributed by atoms with van der Waals surface area (Å²) in [6, 6.07) is 5.72. The van der Waals surface area contributed by atoms with E-state index in [-0.39, 0.29) is 6.04 Å². The van der Waals surface area contributed by atoms with Gasteiger partial charge in [-0.1, -0.05) is 6.07 Å². The molecule has 0 aliphatic heterocycles. The summed E-state index contributed by atoms with van der Waals surface area (Å²) in [4.78, 5) is 0. The van der Waals surface area contributed by atoms with Crippen LogP contribution in [0.15, 0.2) is 35.0 Å². The molecule has 0 saturated heterocycles. The smallest absolute Gasteiger partial charge is 0.159 e. The van der Waals surface area contributed by atoms with Crippen molar-refractivity contribution in [3.8, 4) is 0 Å². The molecule has 5 heteroatoms. The lowest BCUT2D eigenvalue weighted by atomic mass is 10.1. The lowest BCUT2D eigenvalue weighted by Crippen LogP contribution is -2.32. The maximum Gasteiger partial charge on any atom is 0.159 e. The number of thiophene rings is 1. The van der Waals surface area contributed by atoms with E-state index in [0.29, 0.717) is 12.1 Å². The van der Waals surface area contributed by atoms with Crippen LogP contribution in [0.5, 0.6) is 0 Å². The van der Waals surface area contributed by atoms with E-state index in [0.717, 1.165) is 18.6 Å². The van der Waals surface area contributed by atoms with Crippen LogP contribution in [0.1, 0.15) is 24.2 Å². The molecule has 1 heterocycles. The van der Waals surface area contributed by atoms with Gasteiger partial charge in [-0.05, 0) is 53.4 Å². The minimum absolute atomic E-state index is 0.199. The third-order valence-corrected chi connectivity index (χ3v) is 3.84. The zero-order valence-corrected chi connectivity index (χ0v) is 12.0. The minimum Gasteiger partial charge on any atom is -0.387 e. The van der Waals surface area contributed by atoms with Crippen molar-refractivity contribution >= 4 is 11.3 Å². The Morgan fingerprint density at radius 2 is 2.05 bits per heavy atom. The molecule has 0 bridgehead atoms. The van der Waals surface area contributed by atoms with E-state index in [4.69, 9.17) is 0 Å². The standard InChI is InChI=1S/C15H17F2NOS/c1-10(6-11-4-5-20-9-11)18-8-15(19)12-2-3-13(16)14(17)7-12/h2-5,7,9-10,15,18-19H,6,8H2,1H3. The largest absolute Gasteiger partial charge is 0.387 e. The summed E-state index contributed by atoms with van der Waals surface area (Å²) in [5.41, 5.74) is 1.62. The summed E-state index contributed by atoms with van der Waals surface area (Å²) in [5, 5.41) is 17.3. The average Bonchev–Trinajstić information content (AvgIpc) is 2.92. The van der Waals surface area contributed by atoms with Gasteiger partial charge in [0.2, 0.25) is 0 Å². The molecule has 2 nitrogen and oxygen atoms in total. The van der Waals surface area contributed by atoms with E-state index in [1.807, 2.05) is 12.3 Å². The van der Waals surface area contributed by atoms with E-state index in [9.17, 15) is 13.9 Å². The fourth-order valence-corrected chi connectivity index (χ4v) is 2.67. The molecule has 1 aromatic carbocycles. The Hall–Kier alpha value is -1.30. The summed E-state index contributed by atoms with van der Waals surface area (Å²) < 4.78 is 25.9. The zero-order valence-electron chi connectivity index (χ0n) is 11.1. The first-order chi connectivity index (χ1) is 9.56. The Morgan fingerprint density at radius 1 is 1.25 bits per heavy atom. The second kappa shape index (κ2) is 6.92. The fraction of sp³-hybridized carbons (Fsp3) is 0.333. The second-order valence-electron chi connectivity index (χ2n) is 4.83. The van der Waals surface area contributed by atoms with E-state index < -0.39 is 17.7 Å². The molecule has 0 spiro atoms. The highest BCUT2D eigenvalue weighted by molar-refractivity contribution is 7.07. The van der Waals surface area contributed by atoms with Gasteiger partial charge in [-0.3, -0.25) is 0 Å². The predicted molar refractivity (Wildman–Crippen MR) is 76.8 cm³/mol. The van der Waals surface area contributed by atoms with Crippen molar-refractivity contribution in [1.82, 2.24) is 5.32 Å². The summed E-state index contributed by atoms with van der Waals surface area (Å²) >= 11 is 1.65. The summed E-state index contributed by atoms with van der Waals surface area (Å²) in [5.74, 6) is -1.84. The van der Waals surface area contributed by atoms with Crippen LogP contribution >= 0.6 is 11.3 Å². The van der Waals surface area contributed by atoms with Crippen molar-refractivity contribution in [3.05, 3.63) is 57.8 Å². The van der Waals surface area contributed by atoms with Crippen molar-refractivity contribution < 1.29 is 13.9 Å². The van der Waals surface area contributed by atoms with E-state index in [1.165, 1.54) is 11.6 Å². The molecule has 2 N–H and O–H groups in total. The second-order valence-corrected chi connectivity index (χ2v) is 5.61. The number of aliphatic hydroxyl groups is 1. The monoisotopic (exact) mass is 297 g/mol. The molecule has 0 radical (unpaired) electrons. The summed E-state index contributed by atoms with van der Waals surface area (Å²) in [6.45, 7) is 2.33. The van der Waals surface area contributed by atoms with E-state index in [1.54, 1.807) is 11.3 Å². The number of hydrogen-bond donors (Lipinski definition) is 2. The van der Waals surface area contributed by atoms with Crippen LogP contribution in [0.4, 0.5) is 8.78 Å². The number of aliphatic hydroxyl groups excluding tert-OH is 1. The number of nitrogens with one attached hydrogen (secondary N) is 1. The molecule has 2 rings (SSSR count). The predicted octanol–water partition coefficient (Wildman–Crippen LogP) is 3.28. The van der Waals surface area contributed by atoms with Gasteiger partial charge >= 0.3 is 0 Å². The van der Waals surface area contributed by atoms with Crippen molar-refractivity contribution in [2.45, 2.75) is 25.5 Å². The maximum atomic E-state index is 13.1. The third kappa shape index (κ3) is 4.10. The van der Waals surface area contributed by atoms with Gasteiger partial charge in [-0.25, -0.2) is 8.78 Å². The molecule has 0 amide bonds. The summed E-state index contributed by atoms with van der Waals surface area (Å²) in [6.07, 6.45) is 0.0172. The van der Waals surface area contributed by atoms with E-state index in [2.05, 4.69) is 16.8 Å². The Balaban J connectivity index is 1.85. The Labute approximate surface area is 121 Å². The molecular weight excluding hydrogens is 280 g/mol. The molecule has 0 aliphatic rings. The Bertz CT molecular complexity index is 545. The third-order valence-electron chi connectivity index (χ3n) is 3.11. The quantitative estimate of drug-likeness (QED) is 0.857. The molecule has 20 heavy (non-hydrogen) atoms. The highest BCUT2D eigenvalue weighted by Crippen LogP contribution is 2.16. The highest BCUT2D eigenvalue weighted by Gasteiger charge is 2.12. The Morgan fingerprint density at radius 3 is 2.70 bits per heavy atom. The van der Waals surface area contributed by atoms with Gasteiger partial charge in [0.25, 0.3) is 0 Å². The van der Waals surface area contributed by atoms with Crippen molar-refractivity contribution in [2.24, 2.45) is 0 Å².